The highest BCUT2D eigenvalue weighted by molar-refractivity contribution is 5.73. The summed E-state index contributed by atoms with van der Waals surface area (Å²) < 4.78 is 0. The van der Waals surface area contributed by atoms with Crippen LogP contribution in [0.2, 0.25) is 0 Å². The Bertz CT molecular complexity index is 615. The highest BCUT2D eigenvalue weighted by Crippen LogP contribution is 2.36. The first-order valence-electron chi connectivity index (χ1n) is 7.28. The lowest BCUT2D eigenvalue weighted by molar-refractivity contribution is 0.461. The number of phenolic OH excluding ortho intramolecular Hbond substituents is 2. The van der Waals surface area contributed by atoms with Crippen LogP contribution in [0.1, 0.15) is 37.5 Å². The molecule has 0 saturated carbocycles. The predicted octanol–water partition coefficient (Wildman–Crippen LogP) is 4.45. The molecule has 0 aliphatic heterocycles. The van der Waals surface area contributed by atoms with Gasteiger partial charge in [-0.05, 0) is 65.3 Å². The van der Waals surface area contributed by atoms with E-state index in [9.17, 15) is 10.2 Å². The number of hydrogen-bond donors (Lipinski definition) is 2. The van der Waals surface area contributed by atoms with Gasteiger partial charge in [-0.15, -0.1) is 0 Å². The van der Waals surface area contributed by atoms with E-state index >= 15 is 0 Å². The highest BCUT2D eigenvalue weighted by Gasteiger charge is 2.15. The molecule has 0 saturated heterocycles. The SMILES string of the molecule is CCc1cc(-c2cccc(O)c2)c(CC)c(CC)c1O. The smallest absolute Gasteiger partial charge is 0.122 e. The number of rotatable bonds is 4. The second kappa shape index (κ2) is 6.00. The number of benzene rings is 2. The Balaban J connectivity index is 2.74. The lowest BCUT2D eigenvalue weighted by atomic mass is 9.88. The Morgan fingerprint density at radius 2 is 1.55 bits per heavy atom. The van der Waals surface area contributed by atoms with Crippen LogP contribution in [-0.4, -0.2) is 10.2 Å². The van der Waals surface area contributed by atoms with E-state index in [2.05, 4.69) is 19.9 Å². The standard InChI is InChI=1S/C18H22O2/c1-4-12-11-17(13-8-7-9-14(19)10-13)15(5-2)16(6-3)18(12)20/h7-11,19-20H,4-6H2,1-3H3. The molecule has 0 aromatic heterocycles. The molecule has 2 rings (SSSR count). The van der Waals surface area contributed by atoms with Crippen molar-refractivity contribution in [3.63, 3.8) is 0 Å². The summed E-state index contributed by atoms with van der Waals surface area (Å²) in [5.41, 5.74) is 5.30. The molecule has 20 heavy (non-hydrogen) atoms. The number of aryl methyl sites for hydroxylation is 1. The first-order valence-corrected chi connectivity index (χ1v) is 7.28. The number of aromatic hydroxyl groups is 2. The Morgan fingerprint density at radius 3 is 2.10 bits per heavy atom. The first kappa shape index (κ1) is 14.4. The largest absolute Gasteiger partial charge is 0.508 e. The molecule has 0 unspecified atom stereocenters. The second-order valence-corrected chi connectivity index (χ2v) is 5.00. The molecular formula is C18H22O2. The van der Waals surface area contributed by atoms with Crippen LogP contribution in [0.4, 0.5) is 0 Å². The zero-order valence-electron chi connectivity index (χ0n) is 12.4. The van der Waals surface area contributed by atoms with Crippen LogP contribution in [0.3, 0.4) is 0 Å². The summed E-state index contributed by atoms with van der Waals surface area (Å²) >= 11 is 0. The van der Waals surface area contributed by atoms with Crippen molar-refractivity contribution in [1.82, 2.24) is 0 Å². The van der Waals surface area contributed by atoms with Crippen molar-refractivity contribution in [2.75, 3.05) is 0 Å². The molecule has 0 amide bonds. The Labute approximate surface area is 120 Å². The van der Waals surface area contributed by atoms with Crippen molar-refractivity contribution in [1.29, 1.82) is 0 Å². The van der Waals surface area contributed by atoms with Gasteiger partial charge in [-0.3, -0.25) is 0 Å². The van der Waals surface area contributed by atoms with E-state index in [4.69, 9.17) is 0 Å². The van der Waals surface area contributed by atoms with E-state index in [0.29, 0.717) is 5.75 Å². The summed E-state index contributed by atoms with van der Waals surface area (Å²) in [7, 11) is 0. The lowest BCUT2D eigenvalue weighted by Gasteiger charge is -2.18. The molecule has 0 aliphatic rings. The summed E-state index contributed by atoms with van der Waals surface area (Å²) in [6.07, 6.45) is 2.48. The maximum atomic E-state index is 10.4. The van der Waals surface area contributed by atoms with Crippen LogP contribution in [0.15, 0.2) is 30.3 Å². The molecule has 2 N–H and O–H groups in total. The van der Waals surface area contributed by atoms with Crippen LogP contribution in [0.5, 0.6) is 11.5 Å². The van der Waals surface area contributed by atoms with E-state index in [-0.39, 0.29) is 5.75 Å². The van der Waals surface area contributed by atoms with E-state index in [1.54, 1.807) is 12.1 Å². The minimum atomic E-state index is 0.272. The van der Waals surface area contributed by atoms with Crippen molar-refractivity contribution in [3.8, 4) is 22.6 Å². The van der Waals surface area contributed by atoms with Gasteiger partial charge in [-0.25, -0.2) is 0 Å². The van der Waals surface area contributed by atoms with Gasteiger partial charge in [-0.2, -0.15) is 0 Å². The summed E-state index contributed by atoms with van der Waals surface area (Å²) in [4.78, 5) is 0. The number of hydrogen-bond acceptors (Lipinski definition) is 2. The van der Waals surface area contributed by atoms with Crippen molar-refractivity contribution < 1.29 is 10.2 Å². The van der Waals surface area contributed by atoms with Crippen LogP contribution in [0, 0.1) is 0 Å². The molecule has 2 aromatic rings. The fourth-order valence-corrected chi connectivity index (χ4v) is 2.81. The molecule has 0 bridgehead atoms. The summed E-state index contributed by atoms with van der Waals surface area (Å²) in [6.45, 7) is 6.22. The van der Waals surface area contributed by atoms with E-state index in [1.807, 2.05) is 19.1 Å². The molecule has 0 aliphatic carbocycles. The van der Waals surface area contributed by atoms with Crippen molar-refractivity contribution >= 4 is 0 Å². The van der Waals surface area contributed by atoms with Gasteiger partial charge in [0.1, 0.15) is 11.5 Å². The van der Waals surface area contributed by atoms with Gasteiger partial charge in [-0.1, -0.05) is 32.9 Å². The van der Waals surface area contributed by atoms with E-state index < -0.39 is 0 Å². The molecule has 2 heteroatoms. The van der Waals surface area contributed by atoms with Gasteiger partial charge < -0.3 is 10.2 Å². The van der Waals surface area contributed by atoms with Gasteiger partial charge >= 0.3 is 0 Å². The van der Waals surface area contributed by atoms with Gasteiger partial charge in [0.25, 0.3) is 0 Å². The van der Waals surface area contributed by atoms with Gasteiger partial charge in [0, 0.05) is 0 Å². The lowest BCUT2D eigenvalue weighted by Crippen LogP contribution is -1.99. The molecule has 2 nitrogen and oxygen atoms in total. The van der Waals surface area contributed by atoms with Crippen LogP contribution in [-0.2, 0) is 19.3 Å². The van der Waals surface area contributed by atoms with Gasteiger partial charge in [0.15, 0.2) is 0 Å². The Hall–Kier alpha value is -1.96. The molecule has 0 spiro atoms. The zero-order valence-corrected chi connectivity index (χ0v) is 12.4. The Kier molecular flexibility index (Phi) is 4.33. The predicted molar refractivity (Wildman–Crippen MR) is 83.3 cm³/mol. The minimum absolute atomic E-state index is 0.272. The van der Waals surface area contributed by atoms with Gasteiger partial charge in [0.05, 0.1) is 0 Å². The van der Waals surface area contributed by atoms with Crippen LogP contribution >= 0.6 is 0 Å². The van der Waals surface area contributed by atoms with E-state index in [0.717, 1.165) is 41.5 Å². The normalized spacial score (nSPS) is 10.8. The molecule has 106 valence electrons. The fraction of sp³-hybridized carbons (Fsp3) is 0.333. The molecule has 0 fully saturated rings. The van der Waals surface area contributed by atoms with Crippen molar-refractivity contribution in [3.05, 3.63) is 47.0 Å². The maximum Gasteiger partial charge on any atom is 0.122 e. The van der Waals surface area contributed by atoms with Crippen LogP contribution in [0.25, 0.3) is 11.1 Å². The maximum absolute atomic E-state index is 10.4. The molecule has 0 radical (unpaired) electrons. The number of phenols is 2. The second-order valence-electron chi connectivity index (χ2n) is 5.00. The monoisotopic (exact) mass is 270 g/mol. The molecule has 0 atom stereocenters. The highest BCUT2D eigenvalue weighted by atomic mass is 16.3. The topological polar surface area (TPSA) is 40.5 Å². The zero-order chi connectivity index (χ0) is 14.7. The average molecular weight is 270 g/mol. The third-order valence-electron chi connectivity index (χ3n) is 3.84. The molecule has 2 aromatic carbocycles. The summed E-state index contributed by atoms with van der Waals surface area (Å²) in [5, 5.41) is 20.1. The van der Waals surface area contributed by atoms with Gasteiger partial charge in [0.2, 0.25) is 0 Å². The quantitative estimate of drug-likeness (QED) is 0.861. The third kappa shape index (κ3) is 2.51. The van der Waals surface area contributed by atoms with Crippen molar-refractivity contribution in [2.24, 2.45) is 0 Å². The average Bonchev–Trinajstić information content (AvgIpc) is 2.46. The fourth-order valence-electron chi connectivity index (χ4n) is 2.81. The Morgan fingerprint density at radius 1 is 0.850 bits per heavy atom. The molecular weight excluding hydrogens is 248 g/mol. The van der Waals surface area contributed by atoms with Crippen molar-refractivity contribution in [2.45, 2.75) is 40.0 Å². The third-order valence-corrected chi connectivity index (χ3v) is 3.84. The minimum Gasteiger partial charge on any atom is -0.508 e. The molecule has 0 heterocycles. The first-order chi connectivity index (χ1) is 9.62. The van der Waals surface area contributed by atoms with E-state index in [1.165, 1.54) is 5.56 Å². The summed E-state index contributed by atoms with van der Waals surface area (Å²) in [6, 6.07) is 9.38. The summed E-state index contributed by atoms with van der Waals surface area (Å²) in [5.74, 6) is 0.712. The van der Waals surface area contributed by atoms with Crippen LogP contribution < -0.4 is 0 Å².